The van der Waals surface area contributed by atoms with Crippen LogP contribution in [0.5, 0.6) is 5.75 Å². The molecule has 0 amide bonds. The lowest BCUT2D eigenvalue weighted by atomic mass is 10.2. The Morgan fingerprint density at radius 3 is 2.62 bits per heavy atom. The van der Waals surface area contributed by atoms with Gasteiger partial charge in [0.05, 0.1) is 22.7 Å². The number of rotatable bonds is 10. The molecular formula is C21H28ClN5O5. The molecule has 11 heteroatoms. The predicted octanol–water partition coefficient (Wildman–Crippen LogP) is 1.75. The van der Waals surface area contributed by atoms with Gasteiger partial charge < -0.3 is 31.0 Å². The SMILES string of the molecule is CC(Oc1cc2oc(=O)n(CCC(=O)O)c2cc1Cl)c1ccccn1.NCCNCCN. The zero-order valence-electron chi connectivity index (χ0n) is 17.8. The van der Waals surface area contributed by atoms with Crippen molar-refractivity contribution in [2.75, 3.05) is 26.2 Å². The van der Waals surface area contributed by atoms with Crippen LogP contribution in [0.2, 0.25) is 5.02 Å². The van der Waals surface area contributed by atoms with Gasteiger partial charge in [-0.25, -0.2) is 4.79 Å². The van der Waals surface area contributed by atoms with Gasteiger partial charge in [0.25, 0.3) is 0 Å². The largest absolute Gasteiger partial charge is 0.483 e. The molecule has 2 aromatic heterocycles. The van der Waals surface area contributed by atoms with Crippen LogP contribution in [0.1, 0.15) is 25.1 Å². The van der Waals surface area contributed by atoms with Crippen LogP contribution in [-0.4, -0.2) is 46.8 Å². The molecule has 10 nitrogen and oxygen atoms in total. The monoisotopic (exact) mass is 465 g/mol. The number of carboxylic acid groups (broad SMARTS) is 1. The molecule has 3 aromatic rings. The molecule has 0 bridgehead atoms. The van der Waals surface area contributed by atoms with Crippen molar-refractivity contribution in [2.24, 2.45) is 11.5 Å². The predicted molar refractivity (Wildman–Crippen MR) is 122 cm³/mol. The second-order valence-electron chi connectivity index (χ2n) is 6.76. The van der Waals surface area contributed by atoms with E-state index in [0.717, 1.165) is 18.8 Å². The minimum absolute atomic E-state index is 0.00202. The van der Waals surface area contributed by atoms with Crippen molar-refractivity contribution in [3.05, 3.63) is 57.8 Å². The summed E-state index contributed by atoms with van der Waals surface area (Å²) in [7, 11) is 0. The average molecular weight is 466 g/mol. The summed E-state index contributed by atoms with van der Waals surface area (Å²) < 4.78 is 12.2. The normalized spacial score (nSPS) is 11.6. The minimum atomic E-state index is -1.00. The van der Waals surface area contributed by atoms with Gasteiger partial charge in [-0.3, -0.25) is 14.3 Å². The van der Waals surface area contributed by atoms with Crippen LogP contribution in [0.4, 0.5) is 0 Å². The first kappa shape index (κ1) is 25.3. The zero-order chi connectivity index (χ0) is 23.5. The lowest BCUT2D eigenvalue weighted by Crippen LogP contribution is -2.27. The number of nitrogens with one attached hydrogen (secondary N) is 1. The molecule has 32 heavy (non-hydrogen) atoms. The fourth-order valence-electron chi connectivity index (χ4n) is 2.77. The summed E-state index contributed by atoms with van der Waals surface area (Å²) in [5.74, 6) is -1.29. The number of aromatic nitrogens is 2. The number of nitrogens with two attached hydrogens (primary N) is 2. The van der Waals surface area contributed by atoms with Crippen molar-refractivity contribution < 1.29 is 19.1 Å². The molecule has 3 rings (SSSR count). The minimum Gasteiger partial charge on any atom is -0.483 e. The van der Waals surface area contributed by atoms with Crippen LogP contribution in [0.15, 0.2) is 45.7 Å². The van der Waals surface area contributed by atoms with Crippen molar-refractivity contribution in [3.63, 3.8) is 0 Å². The number of hydrogen-bond acceptors (Lipinski definition) is 8. The third-order valence-electron chi connectivity index (χ3n) is 4.32. The van der Waals surface area contributed by atoms with Crippen LogP contribution in [0, 0.1) is 0 Å². The van der Waals surface area contributed by atoms with Crippen molar-refractivity contribution in [1.82, 2.24) is 14.9 Å². The number of benzene rings is 1. The first-order valence-corrected chi connectivity index (χ1v) is 10.5. The summed E-state index contributed by atoms with van der Waals surface area (Å²) in [5.41, 5.74) is 11.8. The Balaban J connectivity index is 0.000000451. The number of fused-ring (bicyclic) bond motifs is 1. The van der Waals surface area contributed by atoms with Crippen LogP contribution >= 0.6 is 11.6 Å². The van der Waals surface area contributed by atoms with Gasteiger partial charge in [0.1, 0.15) is 11.9 Å². The highest BCUT2D eigenvalue weighted by atomic mass is 35.5. The van der Waals surface area contributed by atoms with Crippen molar-refractivity contribution in [3.8, 4) is 5.75 Å². The maximum Gasteiger partial charge on any atom is 0.419 e. The molecule has 174 valence electrons. The van der Waals surface area contributed by atoms with Gasteiger partial charge in [-0.15, -0.1) is 0 Å². The fraction of sp³-hybridized carbons (Fsp3) is 0.381. The van der Waals surface area contributed by atoms with E-state index in [1.54, 1.807) is 6.20 Å². The van der Waals surface area contributed by atoms with Crippen molar-refractivity contribution in [1.29, 1.82) is 0 Å². The Hall–Kier alpha value is -2.92. The highest BCUT2D eigenvalue weighted by molar-refractivity contribution is 6.32. The van der Waals surface area contributed by atoms with E-state index in [4.69, 9.17) is 37.3 Å². The Morgan fingerprint density at radius 1 is 1.31 bits per heavy atom. The van der Waals surface area contributed by atoms with Crippen molar-refractivity contribution in [2.45, 2.75) is 26.0 Å². The van der Waals surface area contributed by atoms with E-state index in [1.807, 2.05) is 25.1 Å². The third kappa shape index (κ3) is 7.34. The number of carbonyl (C=O) groups is 1. The summed E-state index contributed by atoms with van der Waals surface area (Å²) >= 11 is 6.26. The Morgan fingerprint density at radius 2 is 2.03 bits per heavy atom. The summed E-state index contributed by atoms with van der Waals surface area (Å²) in [6.07, 6.45) is 1.12. The molecule has 1 atom stereocenters. The molecule has 0 saturated carbocycles. The lowest BCUT2D eigenvalue weighted by Gasteiger charge is -2.15. The molecule has 0 aliphatic heterocycles. The zero-order valence-corrected chi connectivity index (χ0v) is 18.5. The number of aryl methyl sites for hydroxylation is 1. The van der Waals surface area contributed by atoms with E-state index in [9.17, 15) is 9.59 Å². The summed E-state index contributed by atoms with van der Waals surface area (Å²) in [4.78, 5) is 26.9. The maximum atomic E-state index is 11.9. The van der Waals surface area contributed by atoms with Gasteiger partial charge in [0, 0.05) is 45.0 Å². The summed E-state index contributed by atoms with van der Waals surface area (Å²) in [5, 5.41) is 12.1. The fourth-order valence-corrected chi connectivity index (χ4v) is 2.97. The molecule has 2 heterocycles. The van der Waals surface area contributed by atoms with Gasteiger partial charge in [-0.2, -0.15) is 0 Å². The van der Waals surface area contributed by atoms with Gasteiger partial charge in [0.2, 0.25) is 0 Å². The number of nitrogens with zero attached hydrogens (tertiary/aromatic N) is 2. The number of pyridine rings is 1. The Kier molecular flexibility index (Phi) is 10.2. The topological polar surface area (TPSA) is 159 Å². The van der Waals surface area contributed by atoms with Gasteiger partial charge in [-0.05, 0) is 25.1 Å². The van der Waals surface area contributed by atoms with E-state index in [1.165, 1.54) is 16.7 Å². The number of hydrogen-bond donors (Lipinski definition) is 4. The van der Waals surface area contributed by atoms with Crippen LogP contribution in [-0.2, 0) is 11.3 Å². The number of halogens is 1. The summed E-state index contributed by atoms with van der Waals surface area (Å²) in [6.45, 7) is 4.97. The Labute approximate surface area is 190 Å². The van der Waals surface area contributed by atoms with E-state index in [0.29, 0.717) is 29.4 Å². The van der Waals surface area contributed by atoms with Crippen molar-refractivity contribution >= 4 is 28.7 Å². The second kappa shape index (κ2) is 12.8. The smallest absolute Gasteiger partial charge is 0.419 e. The Bertz CT molecular complexity index is 1050. The summed E-state index contributed by atoms with van der Waals surface area (Å²) in [6, 6.07) is 8.55. The molecule has 0 spiro atoms. The van der Waals surface area contributed by atoms with Gasteiger partial charge >= 0.3 is 11.7 Å². The van der Waals surface area contributed by atoms with E-state index in [-0.39, 0.29) is 24.7 Å². The second-order valence-corrected chi connectivity index (χ2v) is 7.16. The highest BCUT2D eigenvalue weighted by Gasteiger charge is 2.17. The standard InChI is InChI=1S/C17H15ClN2O5.C4H13N3/c1-10(12-4-2-3-6-19-12)24-14-9-15-13(8-11(14)18)20(17(23)25-15)7-5-16(21)22;5-1-3-7-4-2-6/h2-4,6,8-10H,5,7H2,1H3,(H,21,22);7H,1-6H2. The van der Waals surface area contributed by atoms with E-state index >= 15 is 0 Å². The number of aliphatic carboxylic acids is 1. The molecular weight excluding hydrogens is 438 g/mol. The quantitative estimate of drug-likeness (QED) is 0.327. The molecule has 6 N–H and O–H groups in total. The first-order valence-electron chi connectivity index (χ1n) is 10.1. The van der Waals surface area contributed by atoms with Crippen LogP contribution < -0.4 is 27.3 Å². The molecule has 0 aliphatic rings. The average Bonchev–Trinajstić information content (AvgIpc) is 3.07. The molecule has 1 unspecified atom stereocenters. The highest BCUT2D eigenvalue weighted by Crippen LogP contribution is 2.32. The van der Waals surface area contributed by atoms with Gasteiger partial charge in [0.15, 0.2) is 5.58 Å². The lowest BCUT2D eigenvalue weighted by molar-refractivity contribution is -0.137. The molecule has 0 fully saturated rings. The van der Waals surface area contributed by atoms with Crippen LogP contribution in [0.3, 0.4) is 0 Å². The molecule has 0 saturated heterocycles. The van der Waals surface area contributed by atoms with E-state index in [2.05, 4.69) is 10.3 Å². The van der Waals surface area contributed by atoms with E-state index < -0.39 is 11.7 Å². The third-order valence-corrected chi connectivity index (χ3v) is 4.62. The maximum absolute atomic E-state index is 11.9. The number of oxazole rings is 1. The number of ether oxygens (including phenoxy) is 1. The number of carboxylic acids is 1. The molecule has 0 aliphatic carbocycles. The molecule has 0 radical (unpaired) electrons. The first-order chi connectivity index (χ1) is 15.4. The molecule has 1 aromatic carbocycles. The van der Waals surface area contributed by atoms with Crippen LogP contribution in [0.25, 0.3) is 11.1 Å². The van der Waals surface area contributed by atoms with Gasteiger partial charge in [-0.1, -0.05) is 17.7 Å².